The Morgan fingerprint density at radius 2 is 1.88 bits per heavy atom. The summed E-state index contributed by atoms with van der Waals surface area (Å²) < 4.78 is 5.18. The molecule has 0 atom stereocenters. The van der Waals surface area contributed by atoms with Gasteiger partial charge in [-0.2, -0.15) is 4.98 Å². The Labute approximate surface area is 97.2 Å². The van der Waals surface area contributed by atoms with E-state index in [4.69, 9.17) is 4.52 Å². The normalized spacial score (nSPS) is 10.4. The minimum Gasteiger partial charge on any atom is -0.334 e. The van der Waals surface area contributed by atoms with E-state index in [1.165, 1.54) is 0 Å². The summed E-state index contributed by atoms with van der Waals surface area (Å²) in [6.45, 7) is 0. The van der Waals surface area contributed by atoms with Crippen LogP contribution in [0.15, 0.2) is 53.4 Å². The lowest BCUT2D eigenvalue weighted by molar-refractivity contribution is 0.432. The fraction of sp³-hybridized carbons (Fsp3) is 0. The standard InChI is InChI=1S/C12H8N4O/c1-2-4-9(5-3-1)12-15-11(16-17-12)10-8-13-6-7-14-10/h1-8H. The molecule has 2 aromatic heterocycles. The second kappa shape index (κ2) is 4.13. The number of hydrogen-bond acceptors (Lipinski definition) is 5. The Hall–Kier alpha value is -2.56. The molecule has 0 aliphatic carbocycles. The highest BCUT2D eigenvalue weighted by Crippen LogP contribution is 2.19. The van der Waals surface area contributed by atoms with E-state index < -0.39 is 0 Å². The number of aromatic nitrogens is 4. The highest BCUT2D eigenvalue weighted by Gasteiger charge is 2.10. The van der Waals surface area contributed by atoms with Gasteiger partial charge in [-0.25, -0.2) is 4.98 Å². The summed E-state index contributed by atoms with van der Waals surface area (Å²) in [4.78, 5) is 12.3. The van der Waals surface area contributed by atoms with E-state index in [1.807, 2.05) is 30.3 Å². The topological polar surface area (TPSA) is 64.7 Å². The highest BCUT2D eigenvalue weighted by atomic mass is 16.5. The van der Waals surface area contributed by atoms with Gasteiger partial charge in [0.1, 0.15) is 5.69 Å². The molecular formula is C12H8N4O. The molecular weight excluding hydrogens is 216 g/mol. The summed E-state index contributed by atoms with van der Waals surface area (Å²) in [5.41, 5.74) is 1.48. The Kier molecular flexibility index (Phi) is 2.34. The molecule has 0 amide bonds. The molecule has 17 heavy (non-hydrogen) atoms. The highest BCUT2D eigenvalue weighted by molar-refractivity contribution is 5.56. The molecule has 0 saturated heterocycles. The fourth-order valence-electron chi connectivity index (χ4n) is 1.44. The van der Waals surface area contributed by atoms with E-state index in [2.05, 4.69) is 20.1 Å². The number of nitrogens with zero attached hydrogens (tertiary/aromatic N) is 4. The van der Waals surface area contributed by atoms with Crippen LogP contribution in [0.3, 0.4) is 0 Å². The number of benzene rings is 1. The average Bonchev–Trinajstić information content (AvgIpc) is 2.90. The van der Waals surface area contributed by atoms with Crippen LogP contribution in [0.4, 0.5) is 0 Å². The second-order valence-corrected chi connectivity index (χ2v) is 3.38. The van der Waals surface area contributed by atoms with E-state index in [9.17, 15) is 0 Å². The van der Waals surface area contributed by atoms with Crippen molar-refractivity contribution >= 4 is 0 Å². The van der Waals surface area contributed by atoms with E-state index in [0.717, 1.165) is 5.56 Å². The van der Waals surface area contributed by atoms with Crippen molar-refractivity contribution in [2.75, 3.05) is 0 Å². The van der Waals surface area contributed by atoms with E-state index in [1.54, 1.807) is 18.6 Å². The first-order valence-electron chi connectivity index (χ1n) is 5.09. The van der Waals surface area contributed by atoms with Gasteiger partial charge < -0.3 is 4.52 Å². The van der Waals surface area contributed by atoms with Crippen LogP contribution in [-0.4, -0.2) is 20.1 Å². The summed E-state index contributed by atoms with van der Waals surface area (Å²) in [6, 6.07) is 9.59. The summed E-state index contributed by atoms with van der Waals surface area (Å²) >= 11 is 0. The Morgan fingerprint density at radius 3 is 2.65 bits per heavy atom. The molecule has 1 aromatic carbocycles. The van der Waals surface area contributed by atoms with Gasteiger partial charge in [0, 0.05) is 18.0 Å². The maximum absolute atomic E-state index is 5.18. The van der Waals surface area contributed by atoms with Crippen LogP contribution in [-0.2, 0) is 0 Å². The first-order valence-corrected chi connectivity index (χ1v) is 5.09. The van der Waals surface area contributed by atoms with Crippen molar-refractivity contribution in [2.45, 2.75) is 0 Å². The van der Waals surface area contributed by atoms with Gasteiger partial charge in [-0.3, -0.25) is 4.98 Å². The Morgan fingerprint density at radius 1 is 1.00 bits per heavy atom. The van der Waals surface area contributed by atoms with Gasteiger partial charge in [-0.1, -0.05) is 23.4 Å². The fourth-order valence-corrected chi connectivity index (χ4v) is 1.44. The molecule has 0 fully saturated rings. The lowest BCUT2D eigenvalue weighted by Crippen LogP contribution is -1.86. The SMILES string of the molecule is c1ccc(-c2nc(-c3cnccn3)no2)cc1. The van der Waals surface area contributed by atoms with E-state index >= 15 is 0 Å². The van der Waals surface area contributed by atoms with Gasteiger partial charge in [0.05, 0.1) is 6.20 Å². The molecule has 0 N–H and O–H groups in total. The van der Waals surface area contributed by atoms with Crippen molar-refractivity contribution in [3.05, 3.63) is 48.9 Å². The first-order chi connectivity index (χ1) is 8.43. The molecule has 82 valence electrons. The largest absolute Gasteiger partial charge is 0.334 e. The van der Waals surface area contributed by atoms with Crippen LogP contribution in [0.1, 0.15) is 0 Å². The molecule has 5 nitrogen and oxygen atoms in total. The van der Waals surface area contributed by atoms with Gasteiger partial charge >= 0.3 is 0 Å². The molecule has 2 heterocycles. The van der Waals surface area contributed by atoms with Crippen molar-refractivity contribution in [2.24, 2.45) is 0 Å². The molecule has 0 bridgehead atoms. The molecule has 0 aliphatic rings. The number of rotatable bonds is 2. The van der Waals surface area contributed by atoms with Crippen molar-refractivity contribution < 1.29 is 4.52 Å². The zero-order valence-electron chi connectivity index (χ0n) is 8.82. The van der Waals surface area contributed by atoms with Crippen LogP contribution in [0.25, 0.3) is 23.0 Å². The average molecular weight is 224 g/mol. The van der Waals surface area contributed by atoms with E-state index in [-0.39, 0.29) is 0 Å². The van der Waals surface area contributed by atoms with Crippen molar-refractivity contribution in [3.8, 4) is 23.0 Å². The predicted octanol–water partition coefficient (Wildman–Crippen LogP) is 2.19. The first kappa shape index (κ1) is 9.65. The van der Waals surface area contributed by atoms with Crippen molar-refractivity contribution in [1.29, 1.82) is 0 Å². The van der Waals surface area contributed by atoms with Crippen LogP contribution in [0.2, 0.25) is 0 Å². The van der Waals surface area contributed by atoms with Crippen LogP contribution in [0.5, 0.6) is 0 Å². The molecule has 0 aliphatic heterocycles. The molecule has 0 unspecified atom stereocenters. The quantitative estimate of drug-likeness (QED) is 0.667. The van der Waals surface area contributed by atoms with Gasteiger partial charge in [-0.05, 0) is 12.1 Å². The summed E-state index contributed by atoms with van der Waals surface area (Å²) in [7, 11) is 0. The third kappa shape index (κ3) is 1.90. The lowest BCUT2D eigenvalue weighted by Gasteiger charge is -1.91. The van der Waals surface area contributed by atoms with Crippen molar-refractivity contribution in [3.63, 3.8) is 0 Å². The summed E-state index contributed by atoms with van der Waals surface area (Å²) in [6.07, 6.45) is 4.79. The lowest BCUT2D eigenvalue weighted by atomic mass is 10.2. The van der Waals surface area contributed by atoms with Gasteiger partial charge in [0.2, 0.25) is 5.82 Å². The second-order valence-electron chi connectivity index (χ2n) is 3.38. The van der Waals surface area contributed by atoms with Gasteiger partial charge in [-0.15, -0.1) is 0 Å². The zero-order valence-corrected chi connectivity index (χ0v) is 8.82. The zero-order chi connectivity index (χ0) is 11.5. The molecule has 3 rings (SSSR count). The Bertz CT molecular complexity index is 553. The minimum absolute atomic E-state index is 0.442. The minimum atomic E-state index is 0.442. The third-order valence-electron chi connectivity index (χ3n) is 2.24. The maximum atomic E-state index is 5.18. The molecule has 0 saturated carbocycles. The third-order valence-corrected chi connectivity index (χ3v) is 2.24. The van der Waals surface area contributed by atoms with Gasteiger partial charge in [0.15, 0.2) is 0 Å². The molecule has 5 heteroatoms. The molecule has 3 aromatic rings. The van der Waals surface area contributed by atoms with Crippen LogP contribution in [0, 0.1) is 0 Å². The van der Waals surface area contributed by atoms with E-state index in [0.29, 0.717) is 17.4 Å². The number of hydrogen-bond donors (Lipinski definition) is 0. The predicted molar refractivity (Wildman–Crippen MR) is 60.8 cm³/mol. The molecule has 0 spiro atoms. The van der Waals surface area contributed by atoms with Crippen LogP contribution >= 0.6 is 0 Å². The summed E-state index contributed by atoms with van der Waals surface area (Å²) in [5.74, 6) is 0.920. The van der Waals surface area contributed by atoms with Crippen LogP contribution < -0.4 is 0 Å². The Balaban J connectivity index is 1.99. The molecule has 0 radical (unpaired) electrons. The van der Waals surface area contributed by atoms with Crippen molar-refractivity contribution in [1.82, 2.24) is 20.1 Å². The smallest absolute Gasteiger partial charge is 0.258 e. The monoisotopic (exact) mass is 224 g/mol. The maximum Gasteiger partial charge on any atom is 0.258 e. The van der Waals surface area contributed by atoms with Gasteiger partial charge in [0.25, 0.3) is 5.89 Å². The summed E-state index contributed by atoms with van der Waals surface area (Å²) in [5, 5.41) is 3.87.